The van der Waals surface area contributed by atoms with E-state index in [4.69, 9.17) is 0 Å². The van der Waals surface area contributed by atoms with Gasteiger partial charge in [0.05, 0.1) is 0 Å². The van der Waals surface area contributed by atoms with Gasteiger partial charge in [0, 0.05) is 34.7 Å². The highest BCUT2D eigenvalue weighted by molar-refractivity contribution is 6.04. The van der Waals surface area contributed by atoms with Crippen LogP contribution >= 0.6 is 0 Å². The third-order valence-corrected chi connectivity index (χ3v) is 3.39. The first kappa shape index (κ1) is 13.9. The summed E-state index contributed by atoms with van der Waals surface area (Å²) in [7, 11) is 0. The average Bonchev–Trinajstić information content (AvgIpc) is 2.91. The van der Waals surface area contributed by atoms with Crippen LogP contribution in [0.4, 0.5) is 5.69 Å². The van der Waals surface area contributed by atoms with Crippen LogP contribution in [0, 0.1) is 0 Å². The first-order chi connectivity index (χ1) is 10.5. The van der Waals surface area contributed by atoms with Crippen LogP contribution in [-0.2, 0) is 0 Å². The second-order valence-electron chi connectivity index (χ2n) is 5.03. The lowest BCUT2D eigenvalue weighted by molar-refractivity contribution is 0.101. The first-order valence-electron chi connectivity index (χ1n) is 6.76. The molecule has 0 fully saturated rings. The number of hydrogen-bond acceptors (Lipinski definition) is 3. The van der Waals surface area contributed by atoms with Crippen molar-refractivity contribution < 1.29 is 14.7 Å². The number of aromatic nitrogens is 1. The van der Waals surface area contributed by atoms with Crippen LogP contribution in [0.2, 0.25) is 0 Å². The molecule has 0 aliphatic carbocycles. The number of anilines is 1. The summed E-state index contributed by atoms with van der Waals surface area (Å²) >= 11 is 0. The molecule has 110 valence electrons. The van der Waals surface area contributed by atoms with Gasteiger partial charge in [-0.1, -0.05) is 0 Å². The molecule has 1 aromatic carbocycles. The van der Waals surface area contributed by atoms with Gasteiger partial charge in [-0.3, -0.25) is 9.59 Å². The number of hydrogen-bond donors (Lipinski definition) is 2. The molecule has 0 aliphatic heterocycles. The predicted octanol–water partition coefficient (Wildman–Crippen LogP) is 3.10. The second-order valence-corrected chi connectivity index (χ2v) is 5.03. The highest BCUT2D eigenvalue weighted by Gasteiger charge is 2.08. The summed E-state index contributed by atoms with van der Waals surface area (Å²) in [6.07, 6.45) is 3.54. The highest BCUT2D eigenvalue weighted by atomic mass is 16.3. The van der Waals surface area contributed by atoms with Gasteiger partial charge in [-0.25, -0.2) is 0 Å². The van der Waals surface area contributed by atoms with Crippen LogP contribution in [-0.4, -0.2) is 21.2 Å². The minimum atomic E-state index is -0.261. The van der Waals surface area contributed by atoms with Crippen molar-refractivity contribution in [3.05, 3.63) is 66.0 Å². The van der Waals surface area contributed by atoms with Crippen molar-refractivity contribution in [2.45, 2.75) is 6.92 Å². The fourth-order valence-electron chi connectivity index (χ4n) is 2.20. The number of amides is 1. The van der Waals surface area contributed by atoms with Crippen molar-refractivity contribution in [2.75, 3.05) is 5.32 Å². The Balaban J connectivity index is 1.85. The van der Waals surface area contributed by atoms with Crippen LogP contribution in [0.15, 0.2) is 54.9 Å². The molecule has 5 nitrogen and oxygen atoms in total. The molecule has 3 aromatic rings. The smallest absolute Gasteiger partial charge is 0.255 e. The zero-order valence-corrected chi connectivity index (χ0v) is 11.9. The van der Waals surface area contributed by atoms with Gasteiger partial charge in [-0.05, 0) is 49.4 Å². The van der Waals surface area contributed by atoms with Gasteiger partial charge >= 0.3 is 0 Å². The van der Waals surface area contributed by atoms with E-state index in [0.29, 0.717) is 16.8 Å². The number of nitrogens with one attached hydrogen (secondary N) is 1. The van der Waals surface area contributed by atoms with Gasteiger partial charge < -0.3 is 14.8 Å². The van der Waals surface area contributed by atoms with E-state index in [0.717, 1.165) is 5.52 Å². The topological polar surface area (TPSA) is 70.8 Å². The van der Waals surface area contributed by atoms with E-state index < -0.39 is 0 Å². The molecule has 22 heavy (non-hydrogen) atoms. The van der Waals surface area contributed by atoms with Crippen molar-refractivity contribution >= 4 is 22.9 Å². The number of aromatic hydroxyl groups is 1. The Morgan fingerprint density at radius 1 is 1.05 bits per heavy atom. The number of benzene rings is 1. The maximum absolute atomic E-state index is 12.1. The van der Waals surface area contributed by atoms with E-state index in [1.807, 2.05) is 4.40 Å². The monoisotopic (exact) mass is 294 g/mol. The van der Waals surface area contributed by atoms with Gasteiger partial charge in [-0.2, -0.15) is 0 Å². The Bertz CT molecular complexity index is 863. The maximum Gasteiger partial charge on any atom is 0.255 e. The Morgan fingerprint density at radius 3 is 2.45 bits per heavy atom. The summed E-state index contributed by atoms with van der Waals surface area (Å²) in [5, 5.41) is 12.0. The van der Waals surface area contributed by atoms with Crippen LogP contribution in [0.1, 0.15) is 27.6 Å². The number of fused-ring (bicyclic) bond motifs is 1. The fourth-order valence-corrected chi connectivity index (χ4v) is 2.20. The molecule has 2 N–H and O–H groups in total. The second kappa shape index (κ2) is 5.37. The quantitative estimate of drug-likeness (QED) is 0.729. The summed E-state index contributed by atoms with van der Waals surface area (Å²) in [5.74, 6) is -0.149. The number of carbonyl (C=O) groups excluding carboxylic acids is 2. The molecule has 0 spiro atoms. The molecule has 0 saturated heterocycles. The predicted molar refractivity (Wildman–Crippen MR) is 83.5 cm³/mol. The number of pyridine rings is 1. The lowest BCUT2D eigenvalue weighted by atomic mass is 10.2. The number of nitrogens with zero attached hydrogens (tertiary/aromatic N) is 1. The lowest BCUT2D eigenvalue weighted by Gasteiger charge is -2.06. The van der Waals surface area contributed by atoms with Crippen molar-refractivity contribution in [1.29, 1.82) is 0 Å². The van der Waals surface area contributed by atoms with Gasteiger partial charge in [0.15, 0.2) is 5.78 Å². The Kier molecular flexibility index (Phi) is 3.39. The third kappa shape index (κ3) is 2.69. The molecule has 0 radical (unpaired) electrons. The molecule has 2 heterocycles. The van der Waals surface area contributed by atoms with Crippen molar-refractivity contribution in [2.24, 2.45) is 0 Å². The average molecular weight is 294 g/mol. The van der Waals surface area contributed by atoms with Crippen LogP contribution in [0.5, 0.6) is 5.75 Å². The van der Waals surface area contributed by atoms with E-state index in [1.165, 1.54) is 19.1 Å². The number of Topliss-reactive ketones (excluding diaryl/α,β-unsaturated/α-hetero) is 1. The van der Waals surface area contributed by atoms with Crippen LogP contribution in [0.3, 0.4) is 0 Å². The van der Waals surface area contributed by atoms with Gasteiger partial charge in [0.2, 0.25) is 0 Å². The van der Waals surface area contributed by atoms with Gasteiger partial charge in [0.25, 0.3) is 5.91 Å². The third-order valence-electron chi connectivity index (χ3n) is 3.39. The standard InChI is InChI=1S/C17H14N2O3/c1-11(20)13-8-15-9-14(6-7-19(15)10-13)18-17(22)12-2-4-16(21)5-3-12/h2-10,21H,1H3,(H,18,22). The molecule has 5 heteroatoms. The van der Waals surface area contributed by atoms with E-state index >= 15 is 0 Å². The first-order valence-corrected chi connectivity index (χ1v) is 6.76. The van der Waals surface area contributed by atoms with Crippen LogP contribution in [0.25, 0.3) is 5.52 Å². The number of carbonyl (C=O) groups is 2. The molecule has 3 rings (SSSR count). The zero-order valence-electron chi connectivity index (χ0n) is 11.9. The minimum Gasteiger partial charge on any atom is -0.508 e. The van der Waals surface area contributed by atoms with Crippen LogP contribution < -0.4 is 5.32 Å². The number of rotatable bonds is 3. The van der Waals surface area contributed by atoms with Gasteiger partial charge in [-0.15, -0.1) is 0 Å². The normalized spacial score (nSPS) is 10.6. The number of phenols is 1. The molecule has 0 saturated carbocycles. The van der Waals surface area contributed by atoms with Gasteiger partial charge in [0.1, 0.15) is 5.75 Å². The number of ketones is 1. The van der Waals surface area contributed by atoms with Crippen molar-refractivity contribution in [1.82, 2.24) is 4.40 Å². The lowest BCUT2D eigenvalue weighted by Crippen LogP contribution is -2.11. The summed E-state index contributed by atoms with van der Waals surface area (Å²) in [5.41, 5.74) is 2.55. The molecule has 1 amide bonds. The van der Waals surface area contributed by atoms with E-state index in [2.05, 4.69) is 5.32 Å². The summed E-state index contributed by atoms with van der Waals surface area (Å²) in [6.45, 7) is 1.52. The summed E-state index contributed by atoms with van der Waals surface area (Å²) in [4.78, 5) is 23.5. The minimum absolute atomic E-state index is 0.00150. The number of phenolic OH excluding ortho intramolecular Hbond substituents is 1. The summed E-state index contributed by atoms with van der Waals surface area (Å²) < 4.78 is 1.83. The van der Waals surface area contributed by atoms with E-state index in [1.54, 1.807) is 42.7 Å². The summed E-state index contributed by atoms with van der Waals surface area (Å²) in [6, 6.07) is 11.4. The van der Waals surface area contributed by atoms with Crippen molar-refractivity contribution in [3.63, 3.8) is 0 Å². The largest absolute Gasteiger partial charge is 0.508 e. The van der Waals surface area contributed by atoms with E-state index in [9.17, 15) is 14.7 Å². The molecule has 0 unspecified atom stereocenters. The molecule has 2 aromatic heterocycles. The zero-order chi connectivity index (χ0) is 15.7. The SMILES string of the molecule is CC(=O)c1cc2cc(NC(=O)c3ccc(O)cc3)ccn2c1. The molecule has 0 atom stereocenters. The Morgan fingerprint density at radius 2 is 1.77 bits per heavy atom. The fraction of sp³-hybridized carbons (Fsp3) is 0.0588. The highest BCUT2D eigenvalue weighted by Crippen LogP contribution is 2.17. The molecular formula is C17H14N2O3. The molecule has 0 bridgehead atoms. The Hall–Kier alpha value is -3.08. The Labute approximate surface area is 126 Å². The molecular weight excluding hydrogens is 280 g/mol. The molecule has 0 aliphatic rings. The van der Waals surface area contributed by atoms with E-state index in [-0.39, 0.29) is 17.4 Å². The maximum atomic E-state index is 12.1. The van der Waals surface area contributed by atoms with Crippen molar-refractivity contribution in [3.8, 4) is 5.75 Å².